The van der Waals surface area contributed by atoms with Crippen LogP contribution in [0.3, 0.4) is 0 Å². The van der Waals surface area contributed by atoms with E-state index >= 15 is 0 Å². The standard InChI is InChI=1S/C16H30N2O3/c1-11(2)14(10-15(19)20)18-16(21)17-9-8-13-6-4-12(3)5-7-13/h11-14H,4-10H2,1-3H3,(H,19,20)(H2,17,18,21). The van der Waals surface area contributed by atoms with Crippen LogP contribution < -0.4 is 10.6 Å². The number of hydrogen-bond acceptors (Lipinski definition) is 2. The van der Waals surface area contributed by atoms with Gasteiger partial charge in [0.1, 0.15) is 0 Å². The smallest absolute Gasteiger partial charge is 0.315 e. The summed E-state index contributed by atoms with van der Waals surface area (Å²) in [5.41, 5.74) is 0. The molecule has 0 spiro atoms. The first kappa shape index (κ1) is 17.8. The number of nitrogens with one attached hydrogen (secondary N) is 2. The Kier molecular flexibility index (Phi) is 7.54. The molecule has 0 bridgehead atoms. The summed E-state index contributed by atoms with van der Waals surface area (Å²) < 4.78 is 0. The molecule has 122 valence electrons. The fourth-order valence-corrected chi connectivity index (χ4v) is 2.87. The molecule has 21 heavy (non-hydrogen) atoms. The van der Waals surface area contributed by atoms with Crippen molar-refractivity contribution in [3.05, 3.63) is 0 Å². The molecule has 0 saturated heterocycles. The van der Waals surface area contributed by atoms with E-state index in [1.54, 1.807) is 0 Å². The van der Waals surface area contributed by atoms with E-state index in [0.29, 0.717) is 6.54 Å². The van der Waals surface area contributed by atoms with Gasteiger partial charge in [0.25, 0.3) is 0 Å². The monoisotopic (exact) mass is 298 g/mol. The number of carbonyl (C=O) groups excluding carboxylic acids is 1. The molecule has 0 heterocycles. The van der Waals surface area contributed by atoms with Gasteiger partial charge in [-0.2, -0.15) is 0 Å². The third-order valence-corrected chi connectivity index (χ3v) is 4.49. The zero-order valence-corrected chi connectivity index (χ0v) is 13.5. The van der Waals surface area contributed by atoms with E-state index in [4.69, 9.17) is 5.11 Å². The van der Waals surface area contributed by atoms with Gasteiger partial charge < -0.3 is 15.7 Å². The van der Waals surface area contributed by atoms with Crippen molar-refractivity contribution in [1.29, 1.82) is 0 Å². The number of aliphatic carboxylic acids is 1. The summed E-state index contributed by atoms with van der Waals surface area (Å²) in [6.45, 7) is 6.80. The highest BCUT2D eigenvalue weighted by Crippen LogP contribution is 2.29. The Bertz CT molecular complexity index is 336. The van der Waals surface area contributed by atoms with E-state index in [9.17, 15) is 9.59 Å². The highest BCUT2D eigenvalue weighted by molar-refractivity contribution is 5.75. The lowest BCUT2D eigenvalue weighted by Gasteiger charge is -2.26. The minimum absolute atomic E-state index is 0.0361. The number of amides is 2. The summed E-state index contributed by atoms with van der Waals surface area (Å²) in [7, 11) is 0. The molecule has 3 N–H and O–H groups in total. The summed E-state index contributed by atoms with van der Waals surface area (Å²) in [5.74, 6) is 0.791. The Labute approximate surface area is 127 Å². The Morgan fingerprint density at radius 3 is 2.33 bits per heavy atom. The fraction of sp³-hybridized carbons (Fsp3) is 0.875. The van der Waals surface area contributed by atoms with Crippen LogP contribution >= 0.6 is 0 Å². The summed E-state index contributed by atoms with van der Waals surface area (Å²) in [6, 6.07) is -0.572. The second-order valence-corrected chi connectivity index (χ2v) is 6.76. The minimum atomic E-state index is -0.884. The topological polar surface area (TPSA) is 78.4 Å². The molecular formula is C16H30N2O3. The van der Waals surface area contributed by atoms with Crippen LogP contribution in [0.4, 0.5) is 4.79 Å². The second kappa shape index (κ2) is 8.90. The Balaban J connectivity index is 2.21. The first-order valence-corrected chi connectivity index (χ1v) is 8.14. The molecule has 5 nitrogen and oxygen atoms in total. The number of carboxylic acids is 1. The molecule has 1 aliphatic carbocycles. The van der Waals surface area contributed by atoms with Gasteiger partial charge in [0.15, 0.2) is 0 Å². The van der Waals surface area contributed by atoms with Crippen LogP contribution in [0.15, 0.2) is 0 Å². The van der Waals surface area contributed by atoms with E-state index in [1.165, 1.54) is 25.7 Å². The number of urea groups is 1. The van der Waals surface area contributed by atoms with Crippen molar-refractivity contribution >= 4 is 12.0 Å². The van der Waals surface area contributed by atoms with Crippen LogP contribution in [0.2, 0.25) is 0 Å². The molecule has 0 aromatic rings. The molecule has 0 aromatic carbocycles. The van der Waals surface area contributed by atoms with Crippen LogP contribution in [0.5, 0.6) is 0 Å². The normalized spacial score (nSPS) is 23.6. The maximum Gasteiger partial charge on any atom is 0.315 e. The lowest BCUT2D eigenvalue weighted by Crippen LogP contribution is -2.45. The lowest BCUT2D eigenvalue weighted by molar-refractivity contribution is -0.137. The third-order valence-electron chi connectivity index (χ3n) is 4.49. The number of carboxylic acid groups (broad SMARTS) is 1. The Hall–Kier alpha value is -1.26. The molecule has 1 atom stereocenters. The second-order valence-electron chi connectivity index (χ2n) is 6.76. The van der Waals surface area contributed by atoms with Gasteiger partial charge in [0.05, 0.1) is 6.42 Å². The molecule has 0 radical (unpaired) electrons. The van der Waals surface area contributed by atoms with E-state index in [0.717, 1.165) is 18.3 Å². The zero-order valence-electron chi connectivity index (χ0n) is 13.5. The molecule has 1 unspecified atom stereocenters. The SMILES string of the molecule is CC1CCC(CCNC(=O)NC(CC(=O)O)C(C)C)CC1. The molecular weight excluding hydrogens is 268 g/mol. The van der Waals surface area contributed by atoms with Gasteiger partial charge >= 0.3 is 12.0 Å². The first-order chi connectivity index (χ1) is 9.88. The van der Waals surface area contributed by atoms with Gasteiger partial charge in [-0.1, -0.05) is 46.5 Å². The van der Waals surface area contributed by atoms with Crippen LogP contribution in [0, 0.1) is 17.8 Å². The number of hydrogen-bond donors (Lipinski definition) is 3. The predicted octanol–water partition coefficient (Wildman–Crippen LogP) is 3.00. The van der Waals surface area contributed by atoms with Crippen molar-refractivity contribution in [3.8, 4) is 0 Å². The zero-order chi connectivity index (χ0) is 15.8. The van der Waals surface area contributed by atoms with Gasteiger partial charge in [-0.15, -0.1) is 0 Å². The Morgan fingerprint density at radius 1 is 1.19 bits per heavy atom. The highest BCUT2D eigenvalue weighted by Gasteiger charge is 2.20. The molecule has 1 saturated carbocycles. The molecule has 0 aromatic heterocycles. The van der Waals surface area contributed by atoms with Gasteiger partial charge in [-0.3, -0.25) is 4.79 Å². The van der Waals surface area contributed by atoms with Gasteiger partial charge in [-0.25, -0.2) is 4.79 Å². The molecule has 5 heteroatoms. The van der Waals surface area contributed by atoms with Gasteiger partial charge in [0, 0.05) is 12.6 Å². The maximum atomic E-state index is 11.8. The summed E-state index contributed by atoms with van der Waals surface area (Å²) in [5, 5.41) is 14.5. The lowest BCUT2D eigenvalue weighted by atomic mass is 9.81. The van der Waals surface area contributed by atoms with Crippen LogP contribution in [0.25, 0.3) is 0 Å². The molecule has 1 aliphatic rings. The number of carbonyl (C=O) groups is 2. The number of rotatable bonds is 7. The van der Waals surface area contributed by atoms with Gasteiger partial charge in [-0.05, 0) is 24.2 Å². The maximum absolute atomic E-state index is 11.8. The van der Waals surface area contributed by atoms with Crippen molar-refractivity contribution in [2.45, 2.75) is 65.3 Å². The van der Waals surface area contributed by atoms with Crippen LogP contribution in [-0.2, 0) is 4.79 Å². The molecule has 2 amide bonds. The summed E-state index contributed by atoms with van der Waals surface area (Å²) >= 11 is 0. The van der Waals surface area contributed by atoms with Crippen molar-refractivity contribution in [3.63, 3.8) is 0 Å². The molecule has 1 rings (SSSR count). The van der Waals surface area contributed by atoms with E-state index < -0.39 is 5.97 Å². The van der Waals surface area contributed by atoms with E-state index in [2.05, 4.69) is 17.6 Å². The summed E-state index contributed by atoms with van der Waals surface area (Å²) in [6.07, 6.45) is 6.10. The van der Waals surface area contributed by atoms with Crippen molar-refractivity contribution in [2.24, 2.45) is 17.8 Å². The molecule has 0 aliphatic heterocycles. The van der Waals surface area contributed by atoms with E-state index in [1.807, 2.05) is 13.8 Å². The van der Waals surface area contributed by atoms with Crippen LogP contribution in [-0.4, -0.2) is 29.7 Å². The van der Waals surface area contributed by atoms with Crippen LogP contribution in [0.1, 0.15) is 59.3 Å². The van der Waals surface area contributed by atoms with Gasteiger partial charge in [0.2, 0.25) is 0 Å². The average Bonchev–Trinajstić information content (AvgIpc) is 2.39. The van der Waals surface area contributed by atoms with Crippen molar-refractivity contribution < 1.29 is 14.7 Å². The summed E-state index contributed by atoms with van der Waals surface area (Å²) in [4.78, 5) is 22.6. The average molecular weight is 298 g/mol. The predicted molar refractivity (Wildman–Crippen MR) is 83.2 cm³/mol. The van der Waals surface area contributed by atoms with Crippen molar-refractivity contribution in [1.82, 2.24) is 10.6 Å². The minimum Gasteiger partial charge on any atom is -0.481 e. The largest absolute Gasteiger partial charge is 0.481 e. The fourth-order valence-electron chi connectivity index (χ4n) is 2.87. The first-order valence-electron chi connectivity index (χ1n) is 8.14. The molecule has 1 fully saturated rings. The quantitative estimate of drug-likeness (QED) is 0.676. The van der Waals surface area contributed by atoms with Crippen molar-refractivity contribution in [2.75, 3.05) is 6.54 Å². The third kappa shape index (κ3) is 7.34. The van der Waals surface area contributed by atoms with E-state index in [-0.39, 0.29) is 24.4 Å². The highest BCUT2D eigenvalue weighted by atomic mass is 16.4. The Morgan fingerprint density at radius 2 is 1.81 bits per heavy atom.